The number of rotatable bonds is 0. The molecule has 0 radical (unpaired) electrons. The van der Waals surface area contributed by atoms with Gasteiger partial charge in [0.2, 0.25) is 5.91 Å². The number of carbonyl (C=O) groups is 2. The zero-order chi connectivity index (χ0) is 9.42. The summed E-state index contributed by atoms with van der Waals surface area (Å²) in [5.74, 6) is 0.00741. The van der Waals surface area contributed by atoms with E-state index < -0.39 is 0 Å². The Hall–Kier alpha value is -1.26. The minimum absolute atomic E-state index is 0.00741. The second-order valence-corrected chi connectivity index (χ2v) is 3.32. The normalized spacial score (nSPS) is 27.2. The molecule has 2 amide bonds. The van der Waals surface area contributed by atoms with E-state index >= 15 is 0 Å². The van der Waals surface area contributed by atoms with E-state index in [1.54, 1.807) is 9.80 Å². The monoisotopic (exact) mass is 184 g/mol. The number of cyclic esters (lactones) is 1. The van der Waals surface area contributed by atoms with Crippen LogP contribution in [0.15, 0.2) is 0 Å². The summed E-state index contributed by atoms with van der Waals surface area (Å²) < 4.78 is 4.87. The van der Waals surface area contributed by atoms with Gasteiger partial charge in [0.1, 0.15) is 12.8 Å². The fourth-order valence-corrected chi connectivity index (χ4v) is 1.87. The van der Waals surface area contributed by atoms with Gasteiger partial charge in [-0.25, -0.2) is 4.79 Å². The predicted octanol–water partition coefficient (Wildman–Crippen LogP) is 0.0169. The minimum Gasteiger partial charge on any atom is -0.445 e. The quantitative estimate of drug-likeness (QED) is 0.533. The first-order valence-electron chi connectivity index (χ1n) is 4.41. The molecule has 0 saturated carbocycles. The average Bonchev–Trinajstić information content (AvgIpc) is 2.48. The van der Waals surface area contributed by atoms with Crippen LogP contribution >= 0.6 is 0 Å². The largest absolute Gasteiger partial charge is 0.445 e. The molecule has 0 N–H and O–H groups in total. The summed E-state index contributed by atoms with van der Waals surface area (Å²) in [4.78, 5) is 25.6. The van der Waals surface area contributed by atoms with Gasteiger partial charge in [-0.3, -0.25) is 9.69 Å². The van der Waals surface area contributed by atoms with E-state index in [-0.39, 0.29) is 18.2 Å². The predicted molar refractivity (Wildman–Crippen MR) is 43.8 cm³/mol. The molecule has 0 aliphatic carbocycles. The molecule has 2 saturated heterocycles. The van der Waals surface area contributed by atoms with Crippen LogP contribution in [0.1, 0.15) is 13.3 Å². The van der Waals surface area contributed by atoms with Crippen molar-refractivity contribution in [2.75, 3.05) is 19.7 Å². The van der Waals surface area contributed by atoms with Crippen LogP contribution in [0.25, 0.3) is 0 Å². The minimum atomic E-state index is -0.295. The first-order valence-corrected chi connectivity index (χ1v) is 4.41. The Bertz CT molecular complexity index is 254. The topological polar surface area (TPSA) is 49.9 Å². The molecule has 2 aliphatic rings. The summed E-state index contributed by atoms with van der Waals surface area (Å²) in [6.45, 7) is 3.27. The summed E-state index contributed by atoms with van der Waals surface area (Å²) in [5.41, 5.74) is 0. The lowest BCUT2D eigenvalue weighted by atomic mass is 10.2. The molecule has 0 unspecified atom stereocenters. The highest BCUT2D eigenvalue weighted by Crippen LogP contribution is 2.21. The van der Waals surface area contributed by atoms with Crippen molar-refractivity contribution in [1.29, 1.82) is 0 Å². The van der Waals surface area contributed by atoms with Crippen LogP contribution in [0.2, 0.25) is 0 Å². The van der Waals surface area contributed by atoms with Gasteiger partial charge in [0.05, 0.1) is 0 Å². The van der Waals surface area contributed by atoms with Gasteiger partial charge in [0.25, 0.3) is 0 Å². The van der Waals surface area contributed by atoms with Crippen LogP contribution in [0, 0.1) is 0 Å². The molecule has 0 aromatic heterocycles. The summed E-state index contributed by atoms with van der Waals surface area (Å²) >= 11 is 0. The van der Waals surface area contributed by atoms with Crippen molar-refractivity contribution < 1.29 is 14.3 Å². The average molecular weight is 184 g/mol. The number of hydrogen-bond acceptors (Lipinski definition) is 3. The van der Waals surface area contributed by atoms with Crippen molar-refractivity contribution in [1.82, 2.24) is 9.80 Å². The van der Waals surface area contributed by atoms with Crippen LogP contribution in [-0.4, -0.2) is 47.7 Å². The summed E-state index contributed by atoms with van der Waals surface area (Å²) in [7, 11) is 0. The Labute approximate surface area is 76.2 Å². The van der Waals surface area contributed by atoms with E-state index in [1.807, 2.05) is 0 Å². The second-order valence-electron chi connectivity index (χ2n) is 3.32. The Morgan fingerprint density at radius 1 is 1.54 bits per heavy atom. The van der Waals surface area contributed by atoms with E-state index in [9.17, 15) is 9.59 Å². The molecule has 2 heterocycles. The first-order chi connectivity index (χ1) is 6.20. The van der Waals surface area contributed by atoms with Gasteiger partial charge < -0.3 is 9.64 Å². The second kappa shape index (κ2) is 2.90. The standard InChI is InChI=1S/C8H12N2O3/c1-6(11)9-3-2-4-10-7(9)5-13-8(10)12/h7H,2-5H2,1H3/t7-/m0/s1. The number of hydrogen-bond donors (Lipinski definition) is 0. The molecule has 0 aromatic carbocycles. The molecule has 2 rings (SSSR count). The molecule has 0 bridgehead atoms. The van der Waals surface area contributed by atoms with Crippen LogP contribution in [-0.2, 0) is 9.53 Å². The molecular formula is C8H12N2O3. The maximum atomic E-state index is 11.2. The van der Waals surface area contributed by atoms with E-state index in [0.717, 1.165) is 13.0 Å². The summed E-state index contributed by atoms with van der Waals surface area (Å²) in [6.07, 6.45) is 0.389. The van der Waals surface area contributed by atoms with E-state index in [2.05, 4.69) is 0 Å². The van der Waals surface area contributed by atoms with Crippen molar-refractivity contribution in [2.24, 2.45) is 0 Å². The van der Waals surface area contributed by atoms with Crippen LogP contribution in [0.4, 0.5) is 4.79 Å². The highest BCUT2D eigenvalue weighted by Gasteiger charge is 2.40. The lowest BCUT2D eigenvalue weighted by Crippen LogP contribution is -2.54. The first kappa shape index (κ1) is 8.34. The highest BCUT2D eigenvalue weighted by atomic mass is 16.6. The Balaban J connectivity index is 2.16. The molecule has 13 heavy (non-hydrogen) atoms. The van der Waals surface area contributed by atoms with Crippen LogP contribution in [0.3, 0.4) is 0 Å². The third-order valence-corrected chi connectivity index (χ3v) is 2.51. The molecule has 0 spiro atoms. The molecule has 72 valence electrons. The number of ether oxygens (including phenoxy) is 1. The molecule has 5 heteroatoms. The Kier molecular flexibility index (Phi) is 1.86. The maximum absolute atomic E-state index is 11.2. The molecular weight excluding hydrogens is 172 g/mol. The number of amides is 2. The lowest BCUT2D eigenvalue weighted by Gasteiger charge is -2.36. The fraction of sp³-hybridized carbons (Fsp3) is 0.750. The third-order valence-electron chi connectivity index (χ3n) is 2.51. The van der Waals surface area contributed by atoms with Gasteiger partial charge in [0.15, 0.2) is 0 Å². The van der Waals surface area contributed by atoms with Crippen molar-refractivity contribution in [2.45, 2.75) is 19.5 Å². The van der Waals surface area contributed by atoms with Crippen molar-refractivity contribution >= 4 is 12.0 Å². The fourth-order valence-electron chi connectivity index (χ4n) is 1.87. The van der Waals surface area contributed by atoms with E-state index in [4.69, 9.17) is 4.74 Å². The van der Waals surface area contributed by atoms with Crippen molar-refractivity contribution in [3.8, 4) is 0 Å². The number of fused-ring (bicyclic) bond motifs is 1. The van der Waals surface area contributed by atoms with Crippen molar-refractivity contribution in [3.05, 3.63) is 0 Å². The molecule has 2 fully saturated rings. The molecule has 1 atom stereocenters. The van der Waals surface area contributed by atoms with Gasteiger partial charge in [-0.2, -0.15) is 0 Å². The smallest absolute Gasteiger partial charge is 0.411 e. The summed E-state index contributed by atoms with van der Waals surface area (Å²) in [6, 6.07) is 0. The van der Waals surface area contributed by atoms with E-state index in [0.29, 0.717) is 13.2 Å². The van der Waals surface area contributed by atoms with Gasteiger partial charge >= 0.3 is 6.09 Å². The van der Waals surface area contributed by atoms with Crippen molar-refractivity contribution in [3.63, 3.8) is 0 Å². The van der Waals surface area contributed by atoms with Gasteiger partial charge in [0, 0.05) is 20.0 Å². The van der Waals surface area contributed by atoms with E-state index in [1.165, 1.54) is 6.92 Å². The third kappa shape index (κ3) is 1.24. The molecule has 2 aliphatic heterocycles. The maximum Gasteiger partial charge on any atom is 0.411 e. The van der Waals surface area contributed by atoms with Crippen LogP contribution in [0.5, 0.6) is 0 Å². The number of nitrogens with zero attached hydrogens (tertiary/aromatic N) is 2. The zero-order valence-electron chi connectivity index (χ0n) is 7.52. The Morgan fingerprint density at radius 3 is 3.00 bits per heavy atom. The summed E-state index contributed by atoms with van der Waals surface area (Å²) in [5, 5.41) is 0. The highest BCUT2D eigenvalue weighted by molar-refractivity contribution is 5.76. The van der Waals surface area contributed by atoms with Crippen LogP contribution < -0.4 is 0 Å². The Morgan fingerprint density at radius 2 is 2.31 bits per heavy atom. The molecule has 0 aromatic rings. The van der Waals surface area contributed by atoms with Gasteiger partial charge in [-0.1, -0.05) is 0 Å². The SMILES string of the molecule is CC(=O)N1CCCN2C(=O)OC[C@@H]12. The van der Waals surface area contributed by atoms with Gasteiger partial charge in [-0.15, -0.1) is 0 Å². The lowest BCUT2D eigenvalue weighted by molar-refractivity contribution is -0.135. The van der Waals surface area contributed by atoms with Gasteiger partial charge in [-0.05, 0) is 6.42 Å². The number of carbonyl (C=O) groups excluding carboxylic acids is 2. The zero-order valence-corrected chi connectivity index (χ0v) is 7.52. The molecule has 5 nitrogen and oxygen atoms in total.